The van der Waals surface area contributed by atoms with Gasteiger partial charge in [0.1, 0.15) is 0 Å². The third-order valence-corrected chi connectivity index (χ3v) is 3.61. The lowest BCUT2D eigenvalue weighted by Crippen LogP contribution is -2.29. The molecule has 2 N–H and O–H groups in total. The highest BCUT2D eigenvalue weighted by Gasteiger charge is 2.15. The number of ether oxygens (including phenoxy) is 1. The second-order valence-electron chi connectivity index (χ2n) is 5.51. The molecule has 7 nitrogen and oxygen atoms in total. The number of aromatic nitrogens is 4. The molecule has 3 rings (SSSR count). The van der Waals surface area contributed by atoms with Crippen LogP contribution in [0.3, 0.4) is 0 Å². The van der Waals surface area contributed by atoms with Crippen LogP contribution in [0.25, 0.3) is 10.8 Å². The number of H-pyrrole nitrogens is 1. The van der Waals surface area contributed by atoms with Crippen LogP contribution >= 0.6 is 0 Å². The Morgan fingerprint density at radius 1 is 1.35 bits per heavy atom. The van der Waals surface area contributed by atoms with Crippen LogP contribution in [-0.2, 0) is 4.74 Å². The second-order valence-corrected chi connectivity index (χ2v) is 5.51. The van der Waals surface area contributed by atoms with Gasteiger partial charge in [-0.1, -0.05) is 18.2 Å². The number of benzene rings is 1. The van der Waals surface area contributed by atoms with Crippen LogP contribution in [0.15, 0.2) is 35.1 Å². The molecule has 3 aromatic rings. The van der Waals surface area contributed by atoms with Crippen molar-refractivity contribution in [2.45, 2.75) is 19.9 Å². The quantitative estimate of drug-likeness (QED) is 0.755. The van der Waals surface area contributed by atoms with Crippen molar-refractivity contribution in [2.75, 3.05) is 19.0 Å². The molecular formula is C16H19N5O2. The van der Waals surface area contributed by atoms with Crippen molar-refractivity contribution in [3.05, 3.63) is 46.4 Å². The number of nitrogens with one attached hydrogen (secondary N) is 2. The minimum Gasteiger partial charge on any atom is -0.382 e. The standard InChI is InChI=1S/C16H19N5O2/c1-10-8-14(19-18-10)17-15-12-6-4-5-7-13(12)16(22)21(20-15)11(2)9-23-3/h4-8,11H,9H2,1-3H3,(H2,17,18,19,20). The molecule has 0 bridgehead atoms. The number of anilines is 2. The van der Waals surface area contributed by atoms with Crippen molar-refractivity contribution in [1.29, 1.82) is 0 Å². The molecule has 2 aromatic heterocycles. The molecule has 0 aliphatic heterocycles. The fraction of sp³-hybridized carbons (Fsp3) is 0.312. The van der Waals surface area contributed by atoms with Gasteiger partial charge in [0, 0.05) is 24.3 Å². The van der Waals surface area contributed by atoms with Gasteiger partial charge in [0.25, 0.3) is 5.56 Å². The molecular weight excluding hydrogens is 294 g/mol. The first-order chi connectivity index (χ1) is 11.1. The monoisotopic (exact) mass is 313 g/mol. The summed E-state index contributed by atoms with van der Waals surface area (Å²) in [6, 6.07) is 9.11. The van der Waals surface area contributed by atoms with Crippen LogP contribution in [0.2, 0.25) is 0 Å². The van der Waals surface area contributed by atoms with Crippen molar-refractivity contribution in [2.24, 2.45) is 0 Å². The summed E-state index contributed by atoms with van der Waals surface area (Å²) in [5.41, 5.74) is 0.812. The number of hydrogen-bond acceptors (Lipinski definition) is 5. The van der Waals surface area contributed by atoms with Crippen LogP contribution in [0.1, 0.15) is 18.7 Å². The third kappa shape index (κ3) is 2.95. The van der Waals surface area contributed by atoms with E-state index >= 15 is 0 Å². The number of nitrogens with zero attached hydrogens (tertiary/aromatic N) is 3. The molecule has 1 unspecified atom stereocenters. The van der Waals surface area contributed by atoms with Gasteiger partial charge in [0.05, 0.1) is 18.0 Å². The zero-order chi connectivity index (χ0) is 16.4. The van der Waals surface area contributed by atoms with Crippen LogP contribution < -0.4 is 10.9 Å². The Labute approximate surface area is 133 Å². The number of methoxy groups -OCH3 is 1. The van der Waals surface area contributed by atoms with Crippen molar-refractivity contribution in [3.63, 3.8) is 0 Å². The highest BCUT2D eigenvalue weighted by molar-refractivity contribution is 5.92. The van der Waals surface area contributed by atoms with Gasteiger partial charge in [-0.25, -0.2) is 4.68 Å². The van der Waals surface area contributed by atoms with E-state index in [1.54, 1.807) is 13.2 Å². The van der Waals surface area contributed by atoms with E-state index < -0.39 is 0 Å². The van der Waals surface area contributed by atoms with Crippen molar-refractivity contribution >= 4 is 22.4 Å². The van der Waals surface area contributed by atoms with Gasteiger partial charge in [0.2, 0.25) is 0 Å². The van der Waals surface area contributed by atoms with Gasteiger partial charge < -0.3 is 10.1 Å². The predicted molar refractivity (Wildman–Crippen MR) is 89.2 cm³/mol. The number of aromatic amines is 1. The van der Waals surface area contributed by atoms with Crippen molar-refractivity contribution < 1.29 is 4.74 Å². The topological polar surface area (TPSA) is 84.8 Å². The lowest BCUT2D eigenvalue weighted by Gasteiger charge is -2.16. The van der Waals surface area contributed by atoms with E-state index in [1.165, 1.54) is 4.68 Å². The lowest BCUT2D eigenvalue weighted by atomic mass is 10.2. The van der Waals surface area contributed by atoms with Crippen molar-refractivity contribution in [3.8, 4) is 0 Å². The maximum atomic E-state index is 12.6. The molecule has 0 fully saturated rings. The van der Waals surface area contributed by atoms with E-state index in [0.29, 0.717) is 23.6 Å². The van der Waals surface area contributed by atoms with E-state index in [2.05, 4.69) is 20.6 Å². The minimum atomic E-state index is -0.168. The summed E-state index contributed by atoms with van der Waals surface area (Å²) in [5.74, 6) is 1.25. The lowest BCUT2D eigenvalue weighted by molar-refractivity contribution is 0.155. The first kappa shape index (κ1) is 15.2. The maximum absolute atomic E-state index is 12.6. The normalized spacial score (nSPS) is 12.5. The molecule has 2 heterocycles. The number of rotatable bonds is 5. The number of hydrogen-bond donors (Lipinski definition) is 2. The first-order valence-electron chi connectivity index (χ1n) is 7.39. The van der Waals surface area contributed by atoms with E-state index in [9.17, 15) is 4.79 Å². The minimum absolute atomic E-state index is 0.131. The van der Waals surface area contributed by atoms with Crippen LogP contribution in [-0.4, -0.2) is 33.7 Å². The van der Waals surface area contributed by atoms with Crippen LogP contribution in [0, 0.1) is 6.92 Å². The molecule has 1 aromatic carbocycles. The Kier molecular flexibility index (Phi) is 4.12. The van der Waals surface area contributed by atoms with Gasteiger partial charge >= 0.3 is 0 Å². The fourth-order valence-corrected chi connectivity index (χ4v) is 2.51. The summed E-state index contributed by atoms with van der Waals surface area (Å²) in [7, 11) is 1.61. The van der Waals surface area contributed by atoms with E-state index in [4.69, 9.17) is 4.74 Å². The molecule has 0 aliphatic carbocycles. The van der Waals surface area contributed by atoms with Crippen LogP contribution in [0.5, 0.6) is 0 Å². The third-order valence-electron chi connectivity index (χ3n) is 3.61. The highest BCUT2D eigenvalue weighted by atomic mass is 16.5. The average Bonchev–Trinajstić information content (AvgIpc) is 2.95. The summed E-state index contributed by atoms with van der Waals surface area (Å²) >= 11 is 0. The summed E-state index contributed by atoms with van der Waals surface area (Å²) in [6.45, 7) is 4.23. The molecule has 7 heteroatoms. The smallest absolute Gasteiger partial charge is 0.275 e. The van der Waals surface area contributed by atoms with Gasteiger partial charge in [-0.05, 0) is 19.9 Å². The number of fused-ring (bicyclic) bond motifs is 1. The Hall–Kier alpha value is -2.67. The Balaban J connectivity index is 2.15. The first-order valence-corrected chi connectivity index (χ1v) is 7.39. The Morgan fingerprint density at radius 2 is 2.09 bits per heavy atom. The molecule has 0 aliphatic rings. The Morgan fingerprint density at radius 3 is 2.74 bits per heavy atom. The van der Waals surface area contributed by atoms with Gasteiger partial charge in [-0.2, -0.15) is 10.2 Å². The van der Waals surface area contributed by atoms with Crippen LogP contribution in [0.4, 0.5) is 11.6 Å². The largest absolute Gasteiger partial charge is 0.382 e. The second kappa shape index (κ2) is 6.21. The van der Waals surface area contributed by atoms with Crippen molar-refractivity contribution in [1.82, 2.24) is 20.0 Å². The summed E-state index contributed by atoms with van der Waals surface area (Å²) in [5, 5.41) is 16.1. The molecule has 0 saturated carbocycles. The zero-order valence-corrected chi connectivity index (χ0v) is 13.3. The summed E-state index contributed by atoms with van der Waals surface area (Å²) in [6.07, 6.45) is 0. The van der Waals surface area contributed by atoms with Gasteiger partial charge in [-0.15, -0.1) is 0 Å². The van der Waals surface area contributed by atoms with Gasteiger partial charge in [0.15, 0.2) is 11.6 Å². The molecule has 0 radical (unpaired) electrons. The van der Waals surface area contributed by atoms with E-state index in [-0.39, 0.29) is 11.6 Å². The van der Waals surface area contributed by atoms with E-state index in [1.807, 2.05) is 38.1 Å². The molecule has 0 saturated heterocycles. The predicted octanol–water partition coefficient (Wildman–Crippen LogP) is 2.38. The zero-order valence-electron chi connectivity index (χ0n) is 13.3. The maximum Gasteiger partial charge on any atom is 0.275 e. The summed E-state index contributed by atoms with van der Waals surface area (Å²) in [4.78, 5) is 12.6. The molecule has 0 amide bonds. The number of aryl methyl sites for hydroxylation is 1. The molecule has 0 spiro atoms. The van der Waals surface area contributed by atoms with Gasteiger partial charge in [-0.3, -0.25) is 9.89 Å². The highest BCUT2D eigenvalue weighted by Crippen LogP contribution is 2.22. The molecule has 23 heavy (non-hydrogen) atoms. The average molecular weight is 313 g/mol. The SMILES string of the molecule is COCC(C)n1nc(Nc2cc(C)[nH]n2)c2ccccc2c1=O. The molecule has 1 atom stereocenters. The Bertz CT molecular complexity index is 884. The summed E-state index contributed by atoms with van der Waals surface area (Å²) < 4.78 is 6.60. The fourth-order valence-electron chi connectivity index (χ4n) is 2.51. The van der Waals surface area contributed by atoms with E-state index in [0.717, 1.165) is 11.1 Å². The molecule has 120 valence electrons.